The van der Waals surface area contributed by atoms with Gasteiger partial charge >= 0.3 is 0 Å². The fourth-order valence-corrected chi connectivity index (χ4v) is 2.89. The Balaban J connectivity index is 1.79. The van der Waals surface area contributed by atoms with E-state index in [2.05, 4.69) is 10.3 Å². The maximum atomic E-state index is 12.3. The van der Waals surface area contributed by atoms with Crippen molar-refractivity contribution in [1.29, 1.82) is 0 Å². The molecule has 1 atom stereocenters. The minimum absolute atomic E-state index is 0.202. The second kappa shape index (κ2) is 5.55. The van der Waals surface area contributed by atoms with Crippen LogP contribution in [0.4, 0.5) is 5.69 Å². The zero-order valence-electron chi connectivity index (χ0n) is 11.8. The van der Waals surface area contributed by atoms with E-state index in [1.807, 2.05) is 36.6 Å². The first-order valence-electron chi connectivity index (χ1n) is 6.77. The Morgan fingerprint density at radius 1 is 1.52 bits per heavy atom. The number of amides is 1. The molecule has 6 heteroatoms. The molecule has 3 rings (SSSR count). The molecule has 1 saturated heterocycles. The van der Waals surface area contributed by atoms with E-state index in [4.69, 9.17) is 10.5 Å². The summed E-state index contributed by atoms with van der Waals surface area (Å²) in [4.78, 5) is 16.7. The van der Waals surface area contributed by atoms with Gasteiger partial charge in [-0.25, -0.2) is 4.98 Å². The standard InChI is InChI=1S/C15H17N3O2S/c1-10-17-13(8-21-10)11-3-2-4-12(7-11)18-14(19)15(16)5-6-20-9-15/h2-4,7-8H,5-6,9,16H2,1H3,(H,18,19). The van der Waals surface area contributed by atoms with Crippen LogP contribution in [0.25, 0.3) is 11.3 Å². The summed E-state index contributed by atoms with van der Waals surface area (Å²) in [6.45, 7) is 2.77. The SMILES string of the molecule is Cc1nc(-c2cccc(NC(=O)C3(N)CCOC3)c2)cs1. The molecule has 0 aliphatic carbocycles. The van der Waals surface area contributed by atoms with Crippen LogP contribution in [-0.4, -0.2) is 29.6 Å². The molecule has 2 aromatic rings. The second-order valence-corrected chi connectivity index (χ2v) is 6.31. The van der Waals surface area contributed by atoms with Crippen molar-refractivity contribution in [2.24, 2.45) is 5.73 Å². The van der Waals surface area contributed by atoms with Crippen molar-refractivity contribution in [3.63, 3.8) is 0 Å². The van der Waals surface area contributed by atoms with E-state index in [9.17, 15) is 4.79 Å². The van der Waals surface area contributed by atoms with Crippen LogP contribution in [0.3, 0.4) is 0 Å². The van der Waals surface area contributed by atoms with Gasteiger partial charge in [-0.05, 0) is 25.5 Å². The number of aromatic nitrogens is 1. The Hall–Kier alpha value is -1.76. The molecular weight excluding hydrogens is 286 g/mol. The minimum Gasteiger partial charge on any atom is -0.379 e. The molecule has 0 spiro atoms. The van der Waals surface area contributed by atoms with Crippen LogP contribution in [0.2, 0.25) is 0 Å². The Morgan fingerprint density at radius 2 is 2.38 bits per heavy atom. The van der Waals surface area contributed by atoms with Crippen molar-refractivity contribution in [1.82, 2.24) is 4.98 Å². The van der Waals surface area contributed by atoms with Crippen LogP contribution >= 0.6 is 11.3 Å². The maximum absolute atomic E-state index is 12.3. The largest absolute Gasteiger partial charge is 0.379 e. The average Bonchev–Trinajstić information content (AvgIpc) is 3.09. The van der Waals surface area contributed by atoms with Crippen LogP contribution < -0.4 is 11.1 Å². The van der Waals surface area contributed by atoms with Gasteiger partial charge < -0.3 is 15.8 Å². The molecule has 1 fully saturated rings. The lowest BCUT2D eigenvalue weighted by molar-refractivity contribution is -0.121. The molecule has 1 aliphatic heterocycles. The summed E-state index contributed by atoms with van der Waals surface area (Å²) < 4.78 is 5.22. The first-order chi connectivity index (χ1) is 10.1. The number of aryl methyl sites for hydroxylation is 1. The summed E-state index contributed by atoms with van der Waals surface area (Å²) >= 11 is 1.60. The first-order valence-corrected chi connectivity index (χ1v) is 7.65. The van der Waals surface area contributed by atoms with E-state index >= 15 is 0 Å². The Morgan fingerprint density at radius 3 is 3.05 bits per heavy atom. The zero-order chi connectivity index (χ0) is 14.9. The highest BCUT2D eigenvalue weighted by Crippen LogP contribution is 2.25. The van der Waals surface area contributed by atoms with E-state index in [0.29, 0.717) is 13.0 Å². The highest BCUT2D eigenvalue weighted by molar-refractivity contribution is 7.09. The lowest BCUT2D eigenvalue weighted by Gasteiger charge is -2.20. The van der Waals surface area contributed by atoms with Crippen molar-refractivity contribution in [2.45, 2.75) is 18.9 Å². The summed E-state index contributed by atoms with van der Waals surface area (Å²) in [5, 5.41) is 5.90. The van der Waals surface area contributed by atoms with Crippen LogP contribution in [-0.2, 0) is 9.53 Å². The first kappa shape index (κ1) is 14.2. The molecule has 1 aliphatic rings. The van der Waals surface area contributed by atoms with Crippen molar-refractivity contribution in [3.05, 3.63) is 34.7 Å². The smallest absolute Gasteiger partial charge is 0.246 e. The van der Waals surface area contributed by atoms with Gasteiger partial charge in [0.1, 0.15) is 5.54 Å². The zero-order valence-corrected chi connectivity index (χ0v) is 12.6. The number of thiazole rings is 1. The number of anilines is 1. The minimum atomic E-state index is -0.923. The molecule has 1 aromatic carbocycles. The predicted octanol–water partition coefficient (Wildman–Crippen LogP) is 2.17. The number of benzene rings is 1. The molecule has 1 unspecified atom stereocenters. The van der Waals surface area contributed by atoms with E-state index in [1.165, 1.54) is 0 Å². The Labute approximate surface area is 127 Å². The van der Waals surface area contributed by atoms with Gasteiger partial charge in [0.25, 0.3) is 0 Å². The van der Waals surface area contributed by atoms with E-state index in [0.717, 1.165) is 22.0 Å². The summed E-state index contributed by atoms with van der Waals surface area (Å²) in [6.07, 6.45) is 0.545. The number of carbonyl (C=O) groups excluding carboxylic acids is 1. The van der Waals surface area contributed by atoms with Crippen molar-refractivity contribution in [3.8, 4) is 11.3 Å². The fraction of sp³-hybridized carbons (Fsp3) is 0.333. The highest BCUT2D eigenvalue weighted by Gasteiger charge is 2.38. The third kappa shape index (κ3) is 2.97. The van der Waals surface area contributed by atoms with Gasteiger partial charge in [-0.2, -0.15) is 0 Å². The molecule has 21 heavy (non-hydrogen) atoms. The number of hydrogen-bond donors (Lipinski definition) is 2. The molecule has 110 valence electrons. The van der Waals surface area contributed by atoms with Crippen LogP contribution in [0, 0.1) is 6.92 Å². The number of nitrogens with two attached hydrogens (primary N) is 1. The average molecular weight is 303 g/mol. The van der Waals surface area contributed by atoms with Gasteiger partial charge in [0.2, 0.25) is 5.91 Å². The molecule has 2 heterocycles. The number of carbonyl (C=O) groups is 1. The molecular formula is C15H17N3O2S. The van der Waals surface area contributed by atoms with Gasteiger partial charge in [0, 0.05) is 23.2 Å². The van der Waals surface area contributed by atoms with Gasteiger partial charge in [-0.3, -0.25) is 4.79 Å². The van der Waals surface area contributed by atoms with Crippen LogP contribution in [0.15, 0.2) is 29.6 Å². The van der Waals surface area contributed by atoms with Crippen molar-refractivity contribution >= 4 is 22.9 Å². The third-order valence-electron chi connectivity index (χ3n) is 3.54. The van der Waals surface area contributed by atoms with Gasteiger partial charge in [0.05, 0.1) is 17.3 Å². The number of nitrogens with zero attached hydrogens (tertiary/aromatic N) is 1. The second-order valence-electron chi connectivity index (χ2n) is 5.25. The van der Waals surface area contributed by atoms with E-state index < -0.39 is 5.54 Å². The number of hydrogen-bond acceptors (Lipinski definition) is 5. The normalized spacial score (nSPS) is 21.4. The fourth-order valence-electron chi connectivity index (χ4n) is 2.27. The summed E-state index contributed by atoms with van der Waals surface area (Å²) in [7, 11) is 0. The molecule has 0 saturated carbocycles. The van der Waals surface area contributed by atoms with E-state index in [-0.39, 0.29) is 12.5 Å². The van der Waals surface area contributed by atoms with Gasteiger partial charge in [-0.1, -0.05) is 12.1 Å². The van der Waals surface area contributed by atoms with E-state index in [1.54, 1.807) is 11.3 Å². The highest BCUT2D eigenvalue weighted by atomic mass is 32.1. The molecule has 1 amide bonds. The van der Waals surface area contributed by atoms with Crippen molar-refractivity contribution in [2.75, 3.05) is 18.5 Å². The molecule has 0 bridgehead atoms. The predicted molar refractivity (Wildman–Crippen MR) is 83.3 cm³/mol. The molecule has 1 aromatic heterocycles. The number of ether oxygens (including phenoxy) is 1. The molecule has 3 N–H and O–H groups in total. The summed E-state index contributed by atoms with van der Waals surface area (Å²) in [5.74, 6) is -0.202. The van der Waals surface area contributed by atoms with Crippen LogP contribution in [0.5, 0.6) is 0 Å². The molecule has 5 nitrogen and oxygen atoms in total. The summed E-state index contributed by atoms with van der Waals surface area (Å²) in [5.41, 5.74) is 7.75. The quantitative estimate of drug-likeness (QED) is 0.911. The molecule has 0 radical (unpaired) electrons. The lowest BCUT2D eigenvalue weighted by atomic mass is 9.99. The monoisotopic (exact) mass is 303 g/mol. The van der Waals surface area contributed by atoms with Crippen LogP contribution in [0.1, 0.15) is 11.4 Å². The number of rotatable bonds is 3. The van der Waals surface area contributed by atoms with Gasteiger partial charge in [-0.15, -0.1) is 11.3 Å². The number of nitrogens with one attached hydrogen (secondary N) is 1. The lowest BCUT2D eigenvalue weighted by Crippen LogP contribution is -2.51. The Bertz CT molecular complexity index is 662. The third-order valence-corrected chi connectivity index (χ3v) is 4.31. The topological polar surface area (TPSA) is 77.2 Å². The summed E-state index contributed by atoms with van der Waals surface area (Å²) in [6, 6.07) is 7.63. The Kier molecular flexibility index (Phi) is 3.75. The van der Waals surface area contributed by atoms with Gasteiger partial charge in [0.15, 0.2) is 0 Å². The van der Waals surface area contributed by atoms with Crippen molar-refractivity contribution < 1.29 is 9.53 Å². The maximum Gasteiger partial charge on any atom is 0.246 e.